The molecule has 0 rings (SSSR count). The number of carbonyl (C=O) groups is 1. The first kappa shape index (κ1) is 15.2. The fraction of sp³-hybridized carbons (Fsp3) is 0.400. The zero-order valence-corrected chi connectivity index (χ0v) is 10.8. The van der Waals surface area contributed by atoms with E-state index in [0.717, 1.165) is 13.0 Å². The summed E-state index contributed by atoms with van der Waals surface area (Å²) in [6, 6.07) is 0. The Hall–Kier alpha value is 0.756. The summed E-state index contributed by atoms with van der Waals surface area (Å²) in [4.78, 5) is 10.4. The van der Waals surface area contributed by atoms with Crippen LogP contribution in [0.15, 0.2) is 12.7 Å². The monoisotopic (exact) mass is 219 g/mol. The van der Waals surface area contributed by atoms with Gasteiger partial charge in [0.2, 0.25) is 5.44 Å². The summed E-state index contributed by atoms with van der Waals surface area (Å²) in [7, 11) is -4.30. The molecule has 64 valence electrons. The van der Waals surface area contributed by atoms with Crippen LogP contribution in [0, 0.1) is 0 Å². The molecule has 1 unspecified atom stereocenters. The molecule has 0 aromatic carbocycles. The minimum Gasteiger partial charge on any atom is -0.440 e. The van der Waals surface area contributed by atoms with E-state index in [1.807, 2.05) is 0 Å². The second-order valence-corrected chi connectivity index (χ2v) is 3.42. The normalized spacial score (nSPS) is 12.5. The summed E-state index contributed by atoms with van der Waals surface area (Å²) in [5, 5.41) is 0. The van der Waals surface area contributed by atoms with Gasteiger partial charge < -0.3 is 4.74 Å². The van der Waals surface area contributed by atoms with Gasteiger partial charge in [-0.1, -0.05) is 6.58 Å². The molecule has 0 aromatic rings. The molecule has 0 saturated heterocycles. The second-order valence-electron chi connectivity index (χ2n) is 1.72. The SMILES string of the molecule is C=CC(=O)OC(C)S(=O)(=O)O.[K+]. The zero-order valence-electron chi connectivity index (χ0n) is 6.85. The van der Waals surface area contributed by atoms with E-state index in [-0.39, 0.29) is 51.4 Å². The molecule has 0 spiro atoms. The van der Waals surface area contributed by atoms with Crippen LogP contribution in [0.25, 0.3) is 0 Å². The van der Waals surface area contributed by atoms with Crippen molar-refractivity contribution in [2.45, 2.75) is 12.4 Å². The van der Waals surface area contributed by atoms with Gasteiger partial charge in [-0.2, -0.15) is 8.42 Å². The molecule has 0 amide bonds. The number of carbonyl (C=O) groups excluding carboxylic acids is 1. The van der Waals surface area contributed by atoms with Crippen molar-refractivity contribution >= 4 is 16.1 Å². The molecule has 0 fully saturated rings. The molecule has 0 aromatic heterocycles. The third-order valence-electron chi connectivity index (χ3n) is 0.868. The van der Waals surface area contributed by atoms with Gasteiger partial charge in [0, 0.05) is 6.08 Å². The van der Waals surface area contributed by atoms with Gasteiger partial charge in [0.1, 0.15) is 0 Å². The van der Waals surface area contributed by atoms with Crippen LogP contribution in [0.3, 0.4) is 0 Å². The Bertz CT molecular complexity index is 257. The Morgan fingerprint density at radius 3 is 2.33 bits per heavy atom. The van der Waals surface area contributed by atoms with Crippen molar-refractivity contribution in [1.29, 1.82) is 0 Å². The molecule has 5 nitrogen and oxygen atoms in total. The molecule has 0 aliphatic rings. The number of hydrogen-bond donors (Lipinski definition) is 1. The molecule has 0 saturated carbocycles. The topological polar surface area (TPSA) is 80.7 Å². The van der Waals surface area contributed by atoms with Gasteiger partial charge in [-0.15, -0.1) is 0 Å². The predicted octanol–water partition coefficient (Wildman–Crippen LogP) is -3.05. The van der Waals surface area contributed by atoms with Crippen LogP contribution in [0.1, 0.15) is 6.92 Å². The molecular formula is C5H8KO5S+. The Morgan fingerprint density at radius 2 is 2.08 bits per heavy atom. The van der Waals surface area contributed by atoms with Crippen molar-refractivity contribution < 1.29 is 73.9 Å². The van der Waals surface area contributed by atoms with Crippen LogP contribution < -0.4 is 51.4 Å². The summed E-state index contributed by atoms with van der Waals surface area (Å²) >= 11 is 0. The second kappa shape index (κ2) is 6.25. The summed E-state index contributed by atoms with van der Waals surface area (Å²) in [5.74, 6) is -0.893. The van der Waals surface area contributed by atoms with Crippen LogP contribution in [-0.2, 0) is 19.6 Å². The standard InChI is InChI=1S/C5H8O5S.K/c1-3-5(6)10-4(2)11(7,8)9;/h3-4H,1H2,2H3,(H,7,8,9);/q;+1. The number of ether oxygens (including phenoxy) is 1. The third kappa shape index (κ3) is 6.29. The van der Waals surface area contributed by atoms with E-state index in [2.05, 4.69) is 11.3 Å². The first-order valence-electron chi connectivity index (χ1n) is 2.67. The van der Waals surface area contributed by atoms with Crippen molar-refractivity contribution in [2.24, 2.45) is 0 Å². The first-order valence-corrected chi connectivity index (χ1v) is 4.17. The minimum atomic E-state index is -4.30. The molecule has 7 heteroatoms. The zero-order chi connectivity index (χ0) is 9.07. The van der Waals surface area contributed by atoms with E-state index >= 15 is 0 Å². The predicted molar refractivity (Wildman–Crippen MR) is 37.3 cm³/mol. The van der Waals surface area contributed by atoms with Crippen LogP contribution in [0.2, 0.25) is 0 Å². The van der Waals surface area contributed by atoms with Gasteiger partial charge >= 0.3 is 67.5 Å². The fourth-order valence-electron chi connectivity index (χ4n) is 0.272. The molecule has 1 N–H and O–H groups in total. The van der Waals surface area contributed by atoms with E-state index < -0.39 is 21.5 Å². The van der Waals surface area contributed by atoms with E-state index in [9.17, 15) is 13.2 Å². The van der Waals surface area contributed by atoms with Crippen molar-refractivity contribution in [3.8, 4) is 0 Å². The van der Waals surface area contributed by atoms with Gasteiger partial charge in [0.15, 0.2) is 0 Å². The maximum absolute atomic E-state index is 10.4. The Labute approximate surface area is 113 Å². The average Bonchev–Trinajstić information content (AvgIpc) is 1.85. The quantitative estimate of drug-likeness (QED) is 0.236. The van der Waals surface area contributed by atoms with E-state index in [1.54, 1.807) is 0 Å². The Morgan fingerprint density at radius 1 is 1.67 bits per heavy atom. The molecule has 0 heterocycles. The van der Waals surface area contributed by atoms with Crippen LogP contribution in [0.4, 0.5) is 0 Å². The average molecular weight is 219 g/mol. The van der Waals surface area contributed by atoms with E-state index in [0.29, 0.717) is 0 Å². The van der Waals surface area contributed by atoms with Crippen molar-refractivity contribution in [3.05, 3.63) is 12.7 Å². The summed E-state index contributed by atoms with van der Waals surface area (Å²) < 4.78 is 32.9. The minimum absolute atomic E-state index is 0. The third-order valence-corrected chi connectivity index (χ3v) is 1.80. The molecule has 0 aliphatic carbocycles. The molecule has 1 atom stereocenters. The number of rotatable bonds is 3. The molecule has 0 aliphatic heterocycles. The van der Waals surface area contributed by atoms with E-state index in [1.165, 1.54) is 0 Å². The summed E-state index contributed by atoms with van der Waals surface area (Å²) in [6.45, 7) is 4.08. The van der Waals surface area contributed by atoms with Crippen LogP contribution >= 0.6 is 0 Å². The van der Waals surface area contributed by atoms with Crippen molar-refractivity contribution in [1.82, 2.24) is 0 Å². The van der Waals surface area contributed by atoms with Crippen molar-refractivity contribution in [2.75, 3.05) is 0 Å². The smallest absolute Gasteiger partial charge is 0.440 e. The van der Waals surface area contributed by atoms with Gasteiger partial charge in [-0.05, 0) is 6.92 Å². The van der Waals surface area contributed by atoms with Crippen LogP contribution in [-0.4, -0.2) is 24.4 Å². The largest absolute Gasteiger partial charge is 1.00 e. The summed E-state index contributed by atoms with van der Waals surface area (Å²) in [6.07, 6.45) is 0.807. The van der Waals surface area contributed by atoms with Crippen LogP contribution in [0.5, 0.6) is 0 Å². The van der Waals surface area contributed by atoms with E-state index in [4.69, 9.17) is 4.55 Å². The number of hydrogen-bond acceptors (Lipinski definition) is 4. The number of esters is 1. The van der Waals surface area contributed by atoms with Gasteiger partial charge in [-0.3, -0.25) is 4.55 Å². The Kier molecular flexibility index (Phi) is 7.93. The molecule has 12 heavy (non-hydrogen) atoms. The molecular weight excluding hydrogens is 211 g/mol. The molecule has 0 radical (unpaired) electrons. The van der Waals surface area contributed by atoms with Gasteiger partial charge in [-0.25, -0.2) is 4.79 Å². The Balaban J connectivity index is 0. The fourth-order valence-corrected chi connectivity index (χ4v) is 0.489. The van der Waals surface area contributed by atoms with Gasteiger partial charge in [0.05, 0.1) is 0 Å². The maximum Gasteiger partial charge on any atom is 1.00 e. The summed E-state index contributed by atoms with van der Waals surface area (Å²) in [5.41, 5.74) is -1.55. The maximum atomic E-state index is 10.4. The van der Waals surface area contributed by atoms with Crippen molar-refractivity contribution in [3.63, 3.8) is 0 Å². The van der Waals surface area contributed by atoms with Gasteiger partial charge in [0.25, 0.3) is 0 Å². The first-order chi connectivity index (χ1) is 4.88. The molecule has 0 bridgehead atoms.